The Morgan fingerprint density at radius 2 is 0.746 bits per heavy atom. The Bertz CT molecular complexity index is 3240. The molecule has 0 saturated carbocycles. The Hall–Kier alpha value is -8.67. The SMILES string of the molecule is NC(=O)c1cnc2cncc(-c3cc(F)c(F)c(F)c3)c2c1.NC(=O)c1cnc2cncc(-c3ccc(F)c(F)c3)c2c1.NC(=O)c1cnc2cncc(-c3ccc(F)cc3)c2c1. The highest BCUT2D eigenvalue weighted by Crippen LogP contribution is 2.31. The summed E-state index contributed by atoms with van der Waals surface area (Å²) in [5.74, 6) is -8.21. The van der Waals surface area contributed by atoms with E-state index < -0.39 is 46.8 Å². The number of nitrogens with zero attached hydrogens (tertiary/aromatic N) is 6. The predicted octanol–water partition coefficient (Wildman–Crippen LogP) is 8.02. The number of halogens is 6. The molecule has 12 nitrogen and oxygen atoms in total. The summed E-state index contributed by atoms with van der Waals surface area (Å²) in [6.45, 7) is 0. The van der Waals surface area contributed by atoms with Crippen LogP contribution in [0, 0.1) is 34.9 Å². The van der Waals surface area contributed by atoms with Gasteiger partial charge in [0.15, 0.2) is 29.1 Å². The smallest absolute Gasteiger partial charge is 0.250 e. The molecule has 9 rings (SSSR count). The van der Waals surface area contributed by atoms with Crippen LogP contribution in [0.5, 0.6) is 0 Å². The Labute approximate surface area is 351 Å². The lowest BCUT2D eigenvalue weighted by atomic mass is 10.0. The van der Waals surface area contributed by atoms with E-state index in [9.17, 15) is 40.7 Å². The lowest BCUT2D eigenvalue weighted by molar-refractivity contribution is 0.0991. The van der Waals surface area contributed by atoms with Crippen molar-refractivity contribution in [2.45, 2.75) is 0 Å². The van der Waals surface area contributed by atoms with Gasteiger partial charge in [-0.3, -0.25) is 44.3 Å². The van der Waals surface area contributed by atoms with Crippen LogP contribution in [0.4, 0.5) is 26.3 Å². The van der Waals surface area contributed by atoms with E-state index >= 15 is 0 Å². The maximum absolute atomic E-state index is 13.4. The van der Waals surface area contributed by atoms with Crippen LogP contribution in [0.1, 0.15) is 31.1 Å². The van der Waals surface area contributed by atoms with Crippen LogP contribution < -0.4 is 17.2 Å². The van der Waals surface area contributed by atoms with Gasteiger partial charge in [-0.05, 0) is 71.3 Å². The number of primary amides is 3. The van der Waals surface area contributed by atoms with Gasteiger partial charge >= 0.3 is 0 Å². The molecule has 3 aromatic carbocycles. The van der Waals surface area contributed by atoms with E-state index in [1.54, 1.807) is 36.7 Å². The average molecular weight is 856 g/mol. The van der Waals surface area contributed by atoms with Gasteiger partial charge in [0.1, 0.15) is 5.82 Å². The van der Waals surface area contributed by atoms with Gasteiger partial charge in [0.25, 0.3) is 0 Å². The first kappa shape index (κ1) is 42.5. The molecule has 312 valence electrons. The van der Waals surface area contributed by atoms with Crippen molar-refractivity contribution in [2.24, 2.45) is 17.2 Å². The fourth-order valence-electron chi connectivity index (χ4n) is 6.24. The molecule has 0 spiro atoms. The molecule has 63 heavy (non-hydrogen) atoms. The number of carbonyl (C=O) groups excluding carboxylic acids is 3. The third kappa shape index (κ3) is 9.24. The number of benzene rings is 3. The second kappa shape index (κ2) is 17.9. The predicted molar refractivity (Wildman–Crippen MR) is 220 cm³/mol. The largest absolute Gasteiger partial charge is 0.366 e. The topological polar surface area (TPSA) is 207 Å². The van der Waals surface area contributed by atoms with Gasteiger partial charge in [-0.15, -0.1) is 0 Å². The molecule has 3 amide bonds. The summed E-state index contributed by atoms with van der Waals surface area (Å²) >= 11 is 0. The van der Waals surface area contributed by atoms with Crippen molar-refractivity contribution < 1.29 is 40.7 Å². The minimum atomic E-state index is -1.55. The molecule has 0 aliphatic rings. The second-order valence-corrected chi connectivity index (χ2v) is 13.4. The van der Waals surface area contributed by atoms with Gasteiger partial charge in [0, 0.05) is 70.0 Å². The summed E-state index contributed by atoms with van der Waals surface area (Å²) in [5, 5.41) is 1.77. The Morgan fingerprint density at radius 1 is 0.381 bits per heavy atom. The van der Waals surface area contributed by atoms with Crippen LogP contribution in [0.15, 0.2) is 129 Å². The number of hydrogen-bond acceptors (Lipinski definition) is 9. The minimum Gasteiger partial charge on any atom is -0.366 e. The normalized spacial score (nSPS) is 10.8. The summed E-state index contributed by atoms with van der Waals surface area (Å²) in [5.41, 5.74) is 20.9. The van der Waals surface area contributed by atoms with Crippen LogP contribution in [-0.4, -0.2) is 47.6 Å². The zero-order valence-electron chi connectivity index (χ0n) is 32.0. The fraction of sp³-hybridized carbons (Fsp3) is 0. The molecule has 0 atom stereocenters. The molecule has 0 saturated heterocycles. The molecular weight excluding hydrogens is 829 g/mol. The van der Waals surface area contributed by atoms with Crippen molar-refractivity contribution in [1.29, 1.82) is 0 Å². The van der Waals surface area contributed by atoms with E-state index in [0.717, 1.165) is 40.8 Å². The maximum atomic E-state index is 13.4. The zero-order valence-corrected chi connectivity index (χ0v) is 32.0. The third-order valence-electron chi connectivity index (χ3n) is 9.36. The Kier molecular flexibility index (Phi) is 12.1. The highest BCUT2D eigenvalue weighted by molar-refractivity contribution is 6.02. The number of nitrogens with two attached hydrogens (primary N) is 3. The van der Waals surface area contributed by atoms with Crippen LogP contribution in [0.3, 0.4) is 0 Å². The van der Waals surface area contributed by atoms with E-state index in [0.29, 0.717) is 49.6 Å². The summed E-state index contributed by atoms with van der Waals surface area (Å²) in [7, 11) is 0. The second-order valence-electron chi connectivity index (χ2n) is 13.4. The molecular formula is C45H27F6N9O3. The number of hydrogen-bond donors (Lipinski definition) is 3. The summed E-state index contributed by atoms with van der Waals surface area (Å²) in [4.78, 5) is 58.1. The van der Waals surface area contributed by atoms with Crippen molar-refractivity contribution in [3.8, 4) is 33.4 Å². The quantitative estimate of drug-likeness (QED) is 0.109. The molecule has 0 aliphatic carbocycles. The van der Waals surface area contributed by atoms with E-state index in [4.69, 9.17) is 17.2 Å². The molecule has 0 bridgehead atoms. The standard InChI is InChI=1S/C15H8F3N3O.C15H9F2N3O.C15H10FN3O/c16-11-2-7(3-12(17)14(11)18)10-5-20-6-13-9(10)1-8(4-21-13)15(19)22;16-12-2-1-8(4-13(12)17)11-6-19-7-14-10(11)3-9(5-20-14)15(18)21;16-11-3-1-9(2-4-11)13-7-18-8-14-12(13)5-10(6-19-14)15(17)20/h1-6H,(H2,19,22);1-7H,(H2,18,21);1-8H,(H2,17,20). The molecule has 0 aliphatic heterocycles. The van der Waals surface area contributed by atoms with Gasteiger partial charge in [-0.1, -0.05) is 18.2 Å². The molecule has 18 heteroatoms. The molecule has 6 aromatic heterocycles. The average Bonchev–Trinajstić information content (AvgIpc) is 3.28. The van der Waals surface area contributed by atoms with Gasteiger partial charge in [-0.25, -0.2) is 26.3 Å². The van der Waals surface area contributed by atoms with Crippen molar-refractivity contribution in [1.82, 2.24) is 29.9 Å². The van der Waals surface area contributed by atoms with Crippen LogP contribution in [-0.2, 0) is 0 Å². The summed E-state index contributed by atoms with van der Waals surface area (Å²) < 4.78 is 79.3. The maximum Gasteiger partial charge on any atom is 0.250 e. The van der Waals surface area contributed by atoms with E-state index in [-0.39, 0.29) is 22.5 Å². The molecule has 0 fully saturated rings. The van der Waals surface area contributed by atoms with E-state index in [1.165, 1.54) is 67.6 Å². The molecule has 0 radical (unpaired) electrons. The van der Waals surface area contributed by atoms with Gasteiger partial charge < -0.3 is 17.2 Å². The van der Waals surface area contributed by atoms with Gasteiger partial charge in [0.05, 0.1) is 51.8 Å². The van der Waals surface area contributed by atoms with E-state index in [2.05, 4.69) is 29.9 Å². The van der Waals surface area contributed by atoms with Gasteiger partial charge in [0.2, 0.25) is 17.7 Å². The number of pyridine rings is 6. The summed E-state index contributed by atoms with van der Waals surface area (Å²) in [6.07, 6.45) is 13.1. The fourth-order valence-corrected chi connectivity index (χ4v) is 6.24. The Morgan fingerprint density at radius 3 is 1.14 bits per heavy atom. The Balaban J connectivity index is 0.000000142. The molecule has 0 unspecified atom stereocenters. The first-order chi connectivity index (χ1) is 30.2. The van der Waals surface area contributed by atoms with Crippen LogP contribution in [0.2, 0.25) is 0 Å². The highest BCUT2D eigenvalue weighted by Gasteiger charge is 2.16. The van der Waals surface area contributed by atoms with Crippen molar-refractivity contribution in [3.63, 3.8) is 0 Å². The first-order valence-electron chi connectivity index (χ1n) is 18.2. The number of rotatable bonds is 6. The van der Waals surface area contributed by atoms with Crippen molar-refractivity contribution >= 4 is 50.4 Å². The molecule has 6 heterocycles. The number of aromatic nitrogens is 6. The van der Waals surface area contributed by atoms with Gasteiger partial charge in [-0.2, -0.15) is 0 Å². The number of fused-ring (bicyclic) bond motifs is 3. The first-order valence-corrected chi connectivity index (χ1v) is 18.2. The molecule has 9 aromatic rings. The van der Waals surface area contributed by atoms with Crippen molar-refractivity contribution in [3.05, 3.63) is 180 Å². The molecule has 6 N–H and O–H groups in total. The van der Waals surface area contributed by atoms with Crippen LogP contribution >= 0.6 is 0 Å². The highest BCUT2D eigenvalue weighted by atomic mass is 19.2. The minimum absolute atomic E-state index is 0.0814. The lowest BCUT2D eigenvalue weighted by Gasteiger charge is -2.08. The number of carbonyl (C=O) groups is 3. The van der Waals surface area contributed by atoms with Crippen LogP contribution in [0.25, 0.3) is 66.1 Å². The third-order valence-corrected chi connectivity index (χ3v) is 9.36. The number of amides is 3. The monoisotopic (exact) mass is 855 g/mol. The summed E-state index contributed by atoms with van der Waals surface area (Å²) in [6, 6.07) is 16.0. The van der Waals surface area contributed by atoms with Crippen molar-refractivity contribution in [2.75, 3.05) is 0 Å². The zero-order chi connectivity index (χ0) is 44.9. The van der Waals surface area contributed by atoms with E-state index in [1.807, 2.05) is 0 Å². The lowest BCUT2D eigenvalue weighted by Crippen LogP contribution is -2.11.